The highest BCUT2D eigenvalue weighted by atomic mass is 16.2. The summed E-state index contributed by atoms with van der Waals surface area (Å²) in [7, 11) is 1.79. The Morgan fingerprint density at radius 3 is 2.61 bits per heavy atom. The molecule has 5 rings (SSSR count). The number of aromatic amines is 1. The average molecular weight is 380 g/mol. The second kappa shape index (κ2) is 7.20. The minimum atomic E-state index is 0.0617. The maximum absolute atomic E-state index is 12.7. The van der Waals surface area contributed by atoms with Gasteiger partial charge < -0.3 is 4.98 Å². The predicted molar refractivity (Wildman–Crippen MR) is 108 cm³/mol. The molecule has 148 valence electrons. The monoisotopic (exact) mass is 380 g/mol. The molecule has 28 heavy (non-hydrogen) atoms. The number of likely N-dealkylation sites (tertiary alicyclic amines) is 1. The number of benzene rings is 1. The van der Waals surface area contributed by atoms with Crippen LogP contribution in [-0.2, 0) is 13.6 Å². The van der Waals surface area contributed by atoms with E-state index in [4.69, 9.17) is 4.98 Å². The van der Waals surface area contributed by atoms with Crippen LogP contribution in [0.2, 0.25) is 0 Å². The lowest BCUT2D eigenvalue weighted by Gasteiger charge is -2.31. The summed E-state index contributed by atoms with van der Waals surface area (Å²) in [5.74, 6) is 2.42. The third kappa shape index (κ3) is 3.17. The molecule has 1 N–H and O–H groups in total. The number of hydrogen-bond acceptors (Lipinski definition) is 4. The number of nitrogens with zero attached hydrogens (tertiary/aromatic N) is 5. The number of imidazole rings is 1. The van der Waals surface area contributed by atoms with Crippen molar-refractivity contribution >= 4 is 11.0 Å². The minimum Gasteiger partial charge on any atom is -0.341 e. The van der Waals surface area contributed by atoms with Gasteiger partial charge in [0.05, 0.1) is 17.6 Å². The van der Waals surface area contributed by atoms with Crippen LogP contribution in [0.1, 0.15) is 62.1 Å². The highest BCUT2D eigenvalue weighted by Gasteiger charge is 2.30. The van der Waals surface area contributed by atoms with Crippen LogP contribution in [0.4, 0.5) is 0 Å². The molecule has 3 heterocycles. The van der Waals surface area contributed by atoms with Crippen molar-refractivity contribution in [2.24, 2.45) is 7.05 Å². The number of H-pyrrole nitrogens is 1. The fourth-order valence-electron chi connectivity index (χ4n) is 4.92. The second-order valence-corrected chi connectivity index (χ2v) is 8.32. The van der Waals surface area contributed by atoms with Gasteiger partial charge in [0.2, 0.25) is 0 Å². The molecule has 1 aromatic carbocycles. The molecule has 1 aliphatic carbocycles. The van der Waals surface area contributed by atoms with Gasteiger partial charge >= 0.3 is 5.69 Å². The predicted octanol–water partition coefficient (Wildman–Crippen LogP) is 2.95. The summed E-state index contributed by atoms with van der Waals surface area (Å²) in [6.07, 6.45) is 6.77. The second-order valence-electron chi connectivity index (χ2n) is 8.32. The lowest BCUT2D eigenvalue weighted by Crippen LogP contribution is -2.34. The molecule has 1 saturated carbocycles. The van der Waals surface area contributed by atoms with E-state index in [0.717, 1.165) is 68.0 Å². The molecule has 7 heteroatoms. The van der Waals surface area contributed by atoms with Crippen LogP contribution < -0.4 is 5.69 Å². The van der Waals surface area contributed by atoms with Crippen LogP contribution in [0.25, 0.3) is 11.0 Å². The number of para-hydroxylation sites is 2. The van der Waals surface area contributed by atoms with Crippen LogP contribution >= 0.6 is 0 Å². The molecule has 0 spiro atoms. The summed E-state index contributed by atoms with van der Waals surface area (Å²) < 4.78 is 3.56. The SMILES string of the molecule is Cn1nc(C2CCN(Cc3nc4ccccc4[nH]3)CC2)n(C2CCCC2)c1=O. The molecule has 0 radical (unpaired) electrons. The topological polar surface area (TPSA) is 71.7 Å². The van der Waals surface area contributed by atoms with E-state index in [9.17, 15) is 4.79 Å². The molecule has 0 atom stereocenters. The molecule has 0 amide bonds. The normalized spacial score (nSPS) is 19.8. The molecular weight excluding hydrogens is 352 g/mol. The van der Waals surface area contributed by atoms with Crippen molar-refractivity contribution in [3.8, 4) is 0 Å². The molecule has 0 unspecified atom stereocenters. The third-order valence-corrected chi connectivity index (χ3v) is 6.44. The van der Waals surface area contributed by atoms with Gasteiger partial charge in [0.1, 0.15) is 11.6 Å². The molecule has 7 nitrogen and oxygen atoms in total. The Bertz CT molecular complexity index is 984. The van der Waals surface area contributed by atoms with Gasteiger partial charge in [-0.3, -0.25) is 9.47 Å². The van der Waals surface area contributed by atoms with Crippen molar-refractivity contribution in [1.29, 1.82) is 0 Å². The van der Waals surface area contributed by atoms with Crippen molar-refractivity contribution < 1.29 is 0 Å². The van der Waals surface area contributed by atoms with Crippen molar-refractivity contribution in [3.05, 3.63) is 46.4 Å². The van der Waals surface area contributed by atoms with Gasteiger partial charge in [-0.2, -0.15) is 5.10 Å². The lowest BCUT2D eigenvalue weighted by atomic mass is 9.95. The van der Waals surface area contributed by atoms with Crippen molar-refractivity contribution in [2.45, 2.75) is 57.0 Å². The Balaban J connectivity index is 1.28. The van der Waals surface area contributed by atoms with E-state index in [1.54, 1.807) is 7.05 Å². The largest absolute Gasteiger partial charge is 0.345 e. The van der Waals surface area contributed by atoms with E-state index >= 15 is 0 Å². The van der Waals surface area contributed by atoms with Gasteiger partial charge in [0, 0.05) is 19.0 Å². The quantitative estimate of drug-likeness (QED) is 0.755. The molecular formula is C21H28N6O. The van der Waals surface area contributed by atoms with E-state index < -0.39 is 0 Å². The zero-order valence-corrected chi connectivity index (χ0v) is 16.5. The zero-order chi connectivity index (χ0) is 19.1. The lowest BCUT2D eigenvalue weighted by molar-refractivity contribution is 0.195. The maximum atomic E-state index is 12.7. The molecule has 1 saturated heterocycles. The number of fused-ring (bicyclic) bond motifs is 1. The Labute approximate surface area is 164 Å². The highest BCUT2D eigenvalue weighted by Crippen LogP contribution is 2.33. The summed E-state index contributed by atoms with van der Waals surface area (Å²) in [6.45, 7) is 2.87. The van der Waals surface area contributed by atoms with Crippen molar-refractivity contribution in [2.75, 3.05) is 13.1 Å². The van der Waals surface area contributed by atoms with Crippen molar-refractivity contribution in [3.63, 3.8) is 0 Å². The van der Waals surface area contributed by atoms with E-state index in [2.05, 4.69) is 21.0 Å². The van der Waals surface area contributed by atoms with E-state index in [1.165, 1.54) is 17.5 Å². The van der Waals surface area contributed by atoms with Gasteiger partial charge in [-0.1, -0.05) is 25.0 Å². The minimum absolute atomic E-state index is 0.0617. The Hall–Kier alpha value is -2.41. The van der Waals surface area contributed by atoms with Gasteiger partial charge in [-0.15, -0.1) is 0 Å². The van der Waals surface area contributed by atoms with Crippen LogP contribution in [0.3, 0.4) is 0 Å². The molecule has 2 aliphatic rings. The number of aryl methyl sites for hydroxylation is 1. The van der Waals surface area contributed by atoms with Crippen LogP contribution in [-0.4, -0.2) is 42.3 Å². The number of piperidine rings is 1. The number of hydrogen-bond donors (Lipinski definition) is 1. The molecule has 2 aromatic heterocycles. The van der Waals surface area contributed by atoms with Gasteiger partial charge in [0.25, 0.3) is 0 Å². The fourth-order valence-corrected chi connectivity index (χ4v) is 4.92. The molecule has 2 fully saturated rings. The first kappa shape index (κ1) is 17.7. The highest BCUT2D eigenvalue weighted by molar-refractivity contribution is 5.74. The summed E-state index contributed by atoms with van der Waals surface area (Å²) >= 11 is 0. The smallest absolute Gasteiger partial charge is 0.341 e. The standard InChI is InChI=1S/C21H28N6O/c1-25-21(28)27(16-6-2-3-7-16)20(24-25)15-10-12-26(13-11-15)14-19-22-17-8-4-5-9-18(17)23-19/h4-5,8-9,15-16H,2-3,6-7,10-14H2,1H3,(H,22,23). The first-order valence-corrected chi connectivity index (χ1v) is 10.5. The zero-order valence-electron chi connectivity index (χ0n) is 16.5. The average Bonchev–Trinajstić information content (AvgIpc) is 3.42. The first-order valence-electron chi connectivity index (χ1n) is 10.5. The van der Waals surface area contributed by atoms with Crippen LogP contribution in [0.15, 0.2) is 29.1 Å². The van der Waals surface area contributed by atoms with E-state index in [0.29, 0.717) is 12.0 Å². The Morgan fingerprint density at radius 2 is 1.86 bits per heavy atom. The number of rotatable bonds is 4. The molecule has 1 aliphatic heterocycles. The van der Waals surface area contributed by atoms with Crippen LogP contribution in [0, 0.1) is 0 Å². The maximum Gasteiger partial charge on any atom is 0.345 e. The Kier molecular flexibility index (Phi) is 4.55. The van der Waals surface area contributed by atoms with Crippen LogP contribution in [0.5, 0.6) is 0 Å². The molecule has 0 bridgehead atoms. The summed E-state index contributed by atoms with van der Waals surface area (Å²) in [6, 6.07) is 8.53. The van der Waals surface area contributed by atoms with E-state index in [-0.39, 0.29) is 5.69 Å². The van der Waals surface area contributed by atoms with Gasteiger partial charge in [0.15, 0.2) is 0 Å². The summed E-state index contributed by atoms with van der Waals surface area (Å²) in [5.41, 5.74) is 2.19. The van der Waals surface area contributed by atoms with Crippen molar-refractivity contribution in [1.82, 2.24) is 29.2 Å². The number of aromatic nitrogens is 5. The fraction of sp³-hybridized carbons (Fsp3) is 0.571. The Morgan fingerprint density at radius 1 is 1.11 bits per heavy atom. The van der Waals surface area contributed by atoms with Gasteiger partial charge in [-0.25, -0.2) is 14.5 Å². The third-order valence-electron chi connectivity index (χ3n) is 6.44. The number of nitrogens with one attached hydrogen (secondary N) is 1. The summed E-state index contributed by atoms with van der Waals surface area (Å²) in [5, 5.41) is 4.65. The molecule has 3 aromatic rings. The first-order chi connectivity index (χ1) is 13.7. The summed E-state index contributed by atoms with van der Waals surface area (Å²) in [4.78, 5) is 23.2. The van der Waals surface area contributed by atoms with Gasteiger partial charge in [-0.05, 0) is 50.9 Å². The van der Waals surface area contributed by atoms with E-state index in [1.807, 2.05) is 22.8 Å².